The number of nitrogens with one attached hydrogen (secondary N) is 2. The third-order valence-corrected chi connectivity index (χ3v) is 3.02. The summed E-state index contributed by atoms with van der Waals surface area (Å²) >= 11 is 0. The van der Waals surface area contributed by atoms with E-state index in [1.54, 1.807) is 6.20 Å². The Balaban J connectivity index is 2.11. The van der Waals surface area contributed by atoms with E-state index in [1.165, 1.54) is 6.08 Å². The quantitative estimate of drug-likeness (QED) is 0.710. The lowest BCUT2D eigenvalue weighted by Crippen LogP contribution is -2.42. The number of ether oxygens (including phenoxy) is 1. The number of hydrogen-bond acceptors (Lipinski definition) is 3. The Kier molecular flexibility index (Phi) is 4.61. The van der Waals surface area contributed by atoms with Crippen molar-refractivity contribution in [2.75, 3.05) is 6.61 Å². The predicted molar refractivity (Wildman–Crippen MR) is 78.1 cm³/mol. The Morgan fingerprint density at radius 3 is 2.90 bits per heavy atom. The molecule has 0 saturated carbocycles. The van der Waals surface area contributed by atoms with E-state index in [9.17, 15) is 14.7 Å². The molecular weight excluding hydrogens is 272 g/mol. The minimum atomic E-state index is -1.11. The van der Waals surface area contributed by atoms with Crippen LogP contribution >= 0.6 is 0 Å². The first-order chi connectivity index (χ1) is 10.1. The number of H-pyrrole nitrogens is 1. The third-order valence-electron chi connectivity index (χ3n) is 3.02. The van der Waals surface area contributed by atoms with E-state index in [4.69, 9.17) is 4.74 Å². The van der Waals surface area contributed by atoms with Gasteiger partial charge >= 0.3 is 12.1 Å². The molecule has 1 unspecified atom stereocenters. The zero-order valence-electron chi connectivity index (χ0n) is 11.3. The number of fused-ring (bicyclic) bond motifs is 1. The standard InChI is InChI=1S/C15H16N2O4/c1-2-7-21-15(20)17-13(14(18)19)8-10-9-16-12-6-4-3-5-11(10)12/h2-6,9,13,16H,1,7-8H2,(H,17,20)(H,18,19). The molecule has 0 fully saturated rings. The summed E-state index contributed by atoms with van der Waals surface area (Å²) in [5, 5.41) is 12.5. The number of hydrogen-bond donors (Lipinski definition) is 3. The highest BCUT2D eigenvalue weighted by Crippen LogP contribution is 2.19. The molecule has 1 amide bonds. The number of aliphatic carboxylic acids is 1. The van der Waals surface area contributed by atoms with Gasteiger partial charge in [-0.05, 0) is 11.6 Å². The van der Waals surface area contributed by atoms with Gasteiger partial charge in [0.1, 0.15) is 12.6 Å². The summed E-state index contributed by atoms with van der Waals surface area (Å²) in [4.78, 5) is 25.8. The van der Waals surface area contributed by atoms with Crippen molar-refractivity contribution in [3.05, 3.63) is 48.7 Å². The summed E-state index contributed by atoms with van der Waals surface area (Å²) in [6.07, 6.45) is 2.55. The molecule has 1 aromatic carbocycles. The number of aromatic nitrogens is 1. The first-order valence-corrected chi connectivity index (χ1v) is 6.44. The Morgan fingerprint density at radius 1 is 1.43 bits per heavy atom. The SMILES string of the molecule is C=CCOC(=O)NC(Cc1c[nH]c2ccccc12)C(=O)O. The molecule has 2 aromatic rings. The van der Waals surface area contributed by atoms with Crippen LogP contribution in [0, 0.1) is 0 Å². The highest BCUT2D eigenvalue weighted by atomic mass is 16.5. The van der Waals surface area contributed by atoms with E-state index in [2.05, 4.69) is 16.9 Å². The Bertz CT molecular complexity index is 662. The number of para-hydroxylation sites is 1. The van der Waals surface area contributed by atoms with E-state index < -0.39 is 18.1 Å². The van der Waals surface area contributed by atoms with Crippen LogP contribution in [0.3, 0.4) is 0 Å². The Hall–Kier alpha value is -2.76. The van der Waals surface area contributed by atoms with Crippen LogP contribution in [0.5, 0.6) is 0 Å². The molecule has 6 heteroatoms. The fourth-order valence-electron chi connectivity index (χ4n) is 2.04. The molecule has 0 saturated heterocycles. The molecule has 110 valence electrons. The predicted octanol–water partition coefficient (Wildman–Crippen LogP) is 2.08. The molecule has 1 atom stereocenters. The smallest absolute Gasteiger partial charge is 0.408 e. The van der Waals surface area contributed by atoms with E-state index >= 15 is 0 Å². The van der Waals surface area contributed by atoms with Crippen LogP contribution in [-0.2, 0) is 16.0 Å². The Morgan fingerprint density at radius 2 is 2.19 bits per heavy atom. The van der Waals surface area contributed by atoms with Crippen molar-refractivity contribution in [1.82, 2.24) is 10.3 Å². The Labute approximate surface area is 121 Å². The lowest BCUT2D eigenvalue weighted by atomic mass is 10.1. The number of carbonyl (C=O) groups is 2. The van der Waals surface area contributed by atoms with E-state index in [-0.39, 0.29) is 13.0 Å². The molecule has 1 aromatic heterocycles. The highest BCUT2D eigenvalue weighted by Gasteiger charge is 2.22. The van der Waals surface area contributed by atoms with Gasteiger partial charge in [0, 0.05) is 23.5 Å². The number of aromatic amines is 1. The fourth-order valence-corrected chi connectivity index (χ4v) is 2.04. The number of benzene rings is 1. The summed E-state index contributed by atoms with van der Waals surface area (Å²) in [7, 11) is 0. The third kappa shape index (κ3) is 3.62. The van der Waals surface area contributed by atoms with Crippen molar-refractivity contribution in [3.63, 3.8) is 0 Å². The van der Waals surface area contributed by atoms with Gasteiger partial charge in [-0.25, -0.2) is 9.59 Å². The highest BCUT2D eigenvalue weighted by molar-refractivity contribution is 5.85. The molecule has 2 rings (SSSR count). The lowest BCUT2D eigenvalue weighted by molar-refractivity contribution is -0.139. The van der Waals surface area contributed by atoms with Crippen LogP contribution < -0.4 is 5.32 Å². The van der Waals surface area contributed by atoms with Gasteiger partial charge in [-0.1, -0.05) is 30.9 Å². The van der Waals surface area contributed by atoms with Crippen molar-refractivity contribution in [2.45, 2.75) is 12.5 Å². The maximum Gasteiger partial charge on any atom is 0.408 e. The van der Waals surface area contributed by atoms with Crippen molar-refractivity contribution in [3.8, 4) is 0 Å². The molecule has 0 aliphatic carbocycles. The van der Waals surface area contributed by atoms with E-state index in [0.29, 0.717) is 0 Å². The van der Waals surface area contributed by atoms with Gasteiger partial charge in [0.2, 0.25) is 0 Å². The monoisotopic (exact) mass is 288 g/mol. The van der Waals surface area contributed by atoms with Gasteiger partial charge in [-0.3, -0.25) is 0 Å². The lowest BCUT2D eigenvalue weighted by Gasteiger charge is -2.13. The summed E-state index contributed by atoms with van der Waals surface area (Å²) in [5.74, 6) is -1.11. The molecule has 21 heavy (non-hydrogen) atoms. The van der Waals surface area contributed by atoms with Gasteiger partial charge in [-0.15, -0.1) is 0 Å². The summed E-state index contributed by atoms with van der Waals surface area (Å²) in [6, 6.07) is 6.52. The zero-order valence-corrected chi connectivity index (χ0v) is 11.3. The summed E-state index contributed by atoms with van der Waals surface area (Å²) in [6.45, 7) is 3.45. The second kappa shape index (κ2) is 6.60. The topological polar surface area (TPSA) is 91.4 Å². The maximum atomic E-state index is 11.5. The minimum absolute atomic E-state index is 0.0330. The van der Waals surface area contributed by atoms with Crippen LogP contribution in [0.1, 0.15) is 5.56 Å². The van der Waals surface area contributed by atoms with Gasteiger partial charge in [0.25, 0.3) is 0 Å². The van der Waals surface area contributed by atoms with Gasteiger partial charge < -0.3 is 20.1 Å². The minimum Gasteiger partial charge on any atom is -0.480 e. The summed E-state index contributed by atoms with van der Waals surface area (Å²) < 4.78 is 4.74. The number of alkyl carbamates (subject to hydrolysis) is 1. The average Bonchev–Trinajstić information content (AvgIpc) is 2.87. The summed E-state index contributed by atoms with van der Waals surface area (Å²) in [5.41, 5.74) is 1.74. The molecular formula is C15H16N2O4. The largest absolute Gasteiger partial charge is 0.480 e. The molecule has 0 bridgehead atoms. The molecule has 0 aliphatic heterocycles. The fraction of sp³-hybridized carbons (Fsp3) is 0.200. The molecule has 0 spiro atoms. The van der Waals surface area contributed by atoms with Crippen molar-refractivity contribution in [1.29, 1.82) is 0 Å². The number of amides is 1. The van der Waals surface area contributed by atoms with Crippen LogP contribution in [0.4, 0.5) is 4.79 Å². The van der Waals surface area contributed by atoms with E-state index in [0.717, 1.165) is 16.5 Å². The second-order valence-electron chi connectivity index (χ2n) is 4.49. The average molecular weight is 288 g/mol. The maximum absolute atomic E-state index is 11.5. The van der Waals surface area contributed by atoms with Crippen LogP contribution in [0.2, 0.25) is 0 Å². The van der Waals surface area contributed by atoms with Crippen LogP contribution in [-0.4, -0.2) is 34.8 Å². The number of carboxylic acids is 1. The first-order valence-electron chi connectivity index (χ1n) is 6.44. The van der Waals surface area contributed by atoms with Gasteiger partial charge in [0.05, 0.1) is 0 Å². The van der Waals surface area contributed by atoms with Crippen molar-refractivity contribution >= 4 is 23.0 Å². The molecule has 0 aliphatic rings. The number of carboxylic acid groups (broad SMARTS) is 1. The van der Waals surface area contributed by atoms with Gasteiger partial charge in [0.15, 0.2) is 0 Å². The van der Waals surface area contributed by atoms with Gasteiger partial charge in [-0.2, -0.15) is 0 Å². The zero-order chi connectivity index (χ0) is 15.2. The normalized spacial score (nSPS) is 11.8. The molecule has 0 radical (unpaired) electrons. The first kappa shape index (κ1) is 14.6. The number of carbonyl (C=O) groups excluding carboxylic acids is 1. The second-order valence-corrected chi connectivity index (χ2v) is 4.49. The van der Waals surface area contributed by atoms with Crippen molar-refractivity contribution in [2.24, 2.45) is 0 Å². The molecule has 1 heterocycles. The van der Waals surface area contributed by atoms with Crippen LogP contribution in [0.25, 0.3) is 10.9 Å². The molecule has 6 nitrogen and oxygen atoms in total. The van der Waals surface area contributed by atoms with Crippen molar-refractivity contribution < 1.29 is 19.4 Å². The number of rotatable bonds is 6. The molecule has 3 N–H and O–H groups in total. The van der Waals surface area contributed by atoms with E-state index in [1.807, 2.05) is 24.3 Å². The van der Waals surface area contributed by atoms with Crippen LogP contribution in [0.15, 0.2) is 43.1 Å².